The lowest BCUT2D eigenvalue weighted by molar-refractivity contribution is -0.153. The molecule has 1 heterocycles. The second-order valence-corrected chi connectivity index (χ2v) is 5.60. The molecule has 0 radical (unpaired) electrons. The molecule has 0 aliphatic carbocycles. The van der Waals surface area contributed by atoms with Crippen LogP contribution in [0.25, 0.3) is 0 Å². The molecule has 25 heavy (non-hydrogen) atoms. The number of esters is 1. The van der Waals surface area contributed by atoms with Crippen LogP contribution in [0.3, 0.4) is 0 Å². The highest BCUT2D eigenvalue weighted by Crippen LogP contribution is 2.28. The lowest BCUT2D eigenvalue weighted by atomic mass is 9.93. The maximum absolute atomic E-state index is 12.3. The molecule has 144 valence electrons. The number of hydrogen-bond acceptors (Lipinski definition) is 8. The molecular weight excluding hydrogens is 330 g/mol. The molecule has 0 fully saturated rings. The molecule has 1 atom stereocenters. The molecule has 1 rings (SSSR count). The summed E-state index contributed by atoms with van der Waals surface area (Å²) < 4.78 is 31.7. The Kier molecular flexibility index (Phi) is 10.1. The first kappa shape index (κ1) is 21.4. The van der Waals surface area contributed by atoms with Crippen LogP contribution in [0.5, 0.6) is 5.88 Å². The van der Waals surface area contributed by atoms with Crippen LogP contribution in [-0.2, 0) is 23.7 Å². The molecule has 0 bridgehead atoms. The van der Waals surface area contributed by atoms with E-state index in [1.807, 2.05) is 27.7 Å². The van der Waals surface area contributed by atoms with Crippen LogP contribution in [0.4, 0.5) is 0 Å². The van der Waals surface area contributed by atoms with Crippen LogP contribution in [0.2, 0.25) is 0 Å². The first-order valence-electron chi connectivity index (χ1n) is 8.51. The molecule has 1 aromatic rings. The van der Waals surface area contributed by atoms with Crippen molar-refractivity contribution in [2.24, 2.45) is 5.92 Å². The van der Waals surface area contributed by atoms with Gasteiger partial charge in [0.15, 0.2) is 12.1 Å². The highest BCUT2D eigenvalue weighted by molar-refractivity contribution is 5.77. The molecule has 1 aromatic heterocycles. The van der Waals surface area contributed by atoms with Gasteiger partial charge in [0.25, 0.3) is 5.88 Å². The van der Waals surface area contributed by atoms with Crippen LogP contribution in [0, 0.1) is 5.92 Å². The predicted octanol–water partition coefficient (Wildman–Crippen LogP) is 2.38. The fraction of sp³-hybridized carbons (Fsp3) is 0.765. The Morgan fingerprint density at radius 2 is 1.88 bits per heavy atom. The average Bonchev–Trinajstić information content (AvgIpc) is 3.01. The summed E-state index contributed by atoms with van der Waals surface area (Å²) in [6.45, 7) is 9.32. The van der Waals surface area contributed by atoms with Gasteiger partial charge in [0.2, 0.25) is 0 Å². The molecule has 0 saturated heterocycles. The van der Waals surface area contributed by atoms with Gasteiger partial charge < -0.3 is 28.2 Å². The molecule has 0 aromatic carbocycles. The highest BCUT2D eigenvalue weighted by atomic mass is 16.7. The van der Waals surface area contributed by atoms with Crippen molar-refractivity contribution < 1.29 is 33.0 Å². The van der Waals surface area contributed by atoms with Crippen molar-refractivity contribution in [1.29, 1.82) is 0 Å². The molecule has 1 unspecified atom stereocenters. The van der Waals surface area contributed by atoms with Crippen LogP contribution in [-0.4, -0.2) is 57.6 Å². The molecule has 0 saturated carbocycles. The summed E-state index contributed by atoms with van der Waals surface area (Å²) in [6, 6.07) is 1.59. The van der Waals surface area contributed by atoms with Gasteiger partial charge >= 0.3 is 5.97 Å². The van der Waals surface area contributed by atoms with Crippen LogP contribution in [0.1, 0.15) is 39.4 Å². The topological polar surface area (TPSA) is 89.3 Å². The molecule has 8 nitrogen and oxygen atoms in total. The molecule has 0 aliphatic heterocycles. The van der Waals surface area contributed by atoms with Gasteiger partial charge in [-0.2, -0.15) is 0 Å². The van der Waals surface area contributed by atoms with Crippen LogP contribution < -0.4 is 4.74 Å². The van der Waals surface area contributed by atoms with Crippen LogP contribution in [0.15, 0.2) is 10.6 Å². The van der Waals surface area contributed by atoms with Gasteiger partial charge in [0, 0.05) is 26.4 Å². The van der Waals surface area contributed by atoms with E-state index in [0.717, 1.165) is 0 Å². The monoisotopic (exact) mass is 359 g/mol. The second kappa shape index (κ2) is 11.8. The number of carbonyl (C=O) groups excluding carboxylic acids is 1. The van der Waals surface area contributed by atoms with Crippen molar-refractivity contribution in [1.82, 2.24) is 5.16 Å². The van der Waals surface area contributed by atoms with Gasteiger partial charge in [-0.1, -0.05) is 13.8 Å². The van der Waals surface area contributed by atoms with Gasteiger partial charge in [-0.15, -0.1) is 0 Å². The second-order valence-electron chi connectivity index (χ2n) is 5.60. The fourth-order valence-corrected chi connectivity index (χ4v) is 2.19. The van der Waals surface area contributed by atoms with E-state index in [4.69, 9.17) is 28.2 Å². The number of aromatic nitrogens is 1. The lowest BCUT2D eigenvalue weighted by Gasteiger charge is -2.16. The lowest BCUT2D eigenvalue weighted by Crippen LogP contribution is -2.25. The summed E-state index contributed by atoms with van der Waals surface area (Å²) in [5, 5.41) is 3.85. The summed E-state index contributed by atoms with van der Waals surface area (Å²) in [7, 11) is 1.55. The maximum atomic E-state index is 12.3. The number of hydrogen-bond donors (Lipinski definition) is 0. The SMILES string of the molecule is CCOC(COc1cc(C(C(=O)OCCOC)C(C)C)on1)OCC. The van der Waals surface area contributed by atoms with E-state index >= 15 is 0 Å². The summed E-state index contributed by atoms with van der Waals surface area (Å²) in [5.74, 6) is -0.283. The summed E-state index contributed by atoms with van der Waals surface area (Å²) in [5.41, 5.74) is 0. The Morgan fingerprint density at radius 1 is 1.20 bits per heavy atom. The number of rotatable bonds is 13. The Hall–Kier alpha value is -1.64. The zero-order valence-electron chi connectivity index (χ0n) is 15.6. The zero-order chi connectivity index (χ0) is 18.7. The van der Waals surface area contributed by atoms with E-state index in [1.54, 1.807) is 13.2 Å². The first-order chi connectivity index (χ1) is 12.0. The first-order valence-corrected chi connectivity index (χ1v) is 8.51. The average molecular weight is 359 g/mol. The van der Waals surface area contributed by atoms with E-state index in [2.05, 4.69) is 5.16 Å². The minimum atomic E-state index is -0.559. The minimum Gasteiger partial charge on any atom is -0.470 e. The Balaban J connectivity index is 2.66. The van der Waals surface area contributed by atoms with Crippen molar-refractivity contribution in [3.8, 4) is 5.88 Å². The largest absolute Gasteiger partial charge is 0.470 e. The van der Waals surface area contributed by atoms with Crippen molar-refractivity contribution in [3.63, 3.8) is 0 Å². The van der Waals surface area contributed by atoms with Gasteiger partial charge in [-0.05, 0) is 24.9 Å². The van der Waals surface area contributed by atoms with E-state index in [0.29, 0.717) is 25.6 Å². The Bertz CT molecular complexity index is 483. The highest BCUT2D eigenvalue weighted by Gasteiger charge is 2.30. The van der Waals surface area contributed by atoms with Crippen molar-refractivity contribution >= 4 is 5.97 Å². The minimum absolute atomic E-state index is 0.0181. The number of carbonyl (C=O) groups is 1. The van der Waals surface area contributed by atoms with E-state index in [9.17, 15) is 4.79 Å². The number of nitrogens with zero attached hydrogens (tertiary/aromatic N) is 1. The Labute approximate surface area is 148 Å². The normalized spacial score (nSPS) is 12.6. The van der Waals surface area contributed by atoms with Crippen molar-refractivity contribution in [2.45, 2.75) is 39.9 Å². The van der Waals surface area contributed by atoms with E-state index < -0.39 is 12.2 Å². The van der Waals surface area contributed by atoms with Gasteiger partial charge in [0.1, 0.15) is 19.1 Å². The molecule has 0 aliphatic rings. The van der Waals surface area contributed by atoms with E-state index in [1.165, 1.54) is 0 Å². The van der Waals surface area contributed by atoms with E-state index in [-0.39, 0.29) is 31.0 Å². The third-order valence-electron chi connectivity index (χ3n) is 3.34. The molecular formula is C17H29NO7. The molecule has 0 N–H and O–H groups in total. The van der Waals surface area contributed by atoms with Crippen molar-refractivity contribution in [3.05, 3.63) is 11.8 Å². The van der Waals surface area contributed by atoms with Crippen molar-refractivity contribution in [2.75, 3.05) is 40.1 Å². The van der Waals surface area contributed by atoms with Gasteiger partial charge in [-0.25, -0.2) is 0 Å². The molecule has 0 amide bonds. The summed E-state index contributed by atoms with van der Waals surface area (Å²) >= 11 is 0. The van der Waals surface area contributed by atoms with Crippen LogP contribution >= 0.6 is 0 Å². The zero-order valence-corrected chi connectivity index (χ0v) is 15.6. The fourth-order valence-electron chi connectivity index (χ4n) is 2.19. The maximum Gasteiger partial charge on any atom is 0.317 e. The van der Waals surface area contributed by atoms with Gasteiger partial charge in [-0.3, -0.25) is 4.79 Å². The quantitative estimate of drug-likeness (QED) is 0.301. The van der Waals surface area contributed by atoms with Gasteiger partial charge in [0.05, 0.1) is 6.61 Å². The standard InChI is InChI=1S/C17H29NO7/c1-6-21-15(22-7-2)11-24-14-10-13(25-18-14)16(12(3)4)17(19)23-9-8-20-5/h10,12,15-16H,6-9,11H2,1-5H3. The Morgan fingerprint density at radius 3 is 2.44 bits per heavy atom. The summed E-state index contributed by atoms with van der Waals surface area (Å²) in [6.07, 6.45) is -0.477. The number of ether oxygens (including phenoxy) is 5. The third kappa shape index (κ3) is 7.41. The number of methoxy groups -OCH3 is 1. The molecule has 0 spiro atoms. The predicted molar refractivity (Wildman–Crippen MR) is 89.5 cm³/mol. The third-order valence-corrected chi connectivity index (χ3v) is 3.34. The smallest absolute Gasteiger partial charge is 0.317 e. The summed E-state index contributed by atoms with van der Waals surface area (Å²) in [4.78, 5) is 12.3. The molecule has 8 heteroatoms.